The molecule has 0 spiro atoms. The maximum Gasteiger partial charge on any atom is 0.255 e. The lowest BCUT2D eigenvalue weighted by atomic mass is 9.78. The Labute approximate surface area is 199 Å². The maximum atomic E-state index is 13.5. The number of carbonyl (C=O) groups is 4. The molecule has 1 saturated heterocycles. The summed E-state index contributed by atoms with van der Waals surface area (Å²) >= 11 is 6.23. The average molecular weight is 485 g/mol. The Balaban J connectivity index is 1.35. The molecule has 2 fully saturated rings. The van der Waals surface area contributed by atoms with Crippen LogP contribution >= 0.6 is 11.6 Å². The fourth-order valence-corrected chi connectivity index (χ4v) is 5.05. The van der Waals surface area contributed by atoms with Crippen molar-refractivity contribution in [1.82, 2.24) is 20.5 Å². The van der Waals surface area contributed by atoms with Crippen molar-refractivity contribution in [2.75, 3.05) is 0 Å². The van der Waals surface area contributed by atoms with E-state index in [2.05, 4.69) is 15.6 Å². The van der Waals surface area contributed by atoms with Crippen LogP contribution in [0.25, 0.3) is 0 Å². The van der Waals surface area contributed by atoms with Gasteiger partial charge in [-0.3, -0.25) is 29.5 Å². The van der Waals surface area contributed by atoms with E-state index in [0.717, 1.165) is 25.5 Å². The molecular weight excluding hydrogens is 463 g/mol. The second kappa shape index (κ2) is 8.79. The number of pyridine rings is 1. The van der Waals surface area contributed by atoms with Crippen molar-refractivity contribution in [3.63, 3.8) is 0 Å². The van der Waals surface area contributed by atoms with E-state index in [1.807, 2.05) is 0 Å². The summed E-state index contributed by atoms with van der Waals surface area (Å²) in [6.07, 6.45) is 4.37. The normalized spacial score (nSPS) is 21.1. The first-order valence-electron chi connectivity index (χ1n) is 11.2. The molecule has 8 nitrogen and oxygen atoms in total. The van der Waals surface area contributed by atoms with Crippen molar-refractivity contribution in [3.8, 4) is 0 Å². The third-order valence-electron chi connectivity index (χ3n) is 6.82. The molecule has 2 aromatic rings. The van der Waals surface area contributed by atoms with Crippen LogP contribution in [0.4, 0.5) is 4.39 Å². The quantitative estimate of drug-likeness (QED) is 0.634. The number of amides is 4. The number of piperidine rings is 1. The first kappa shape index (κ1) is 22.5. The van der Waals surface area contributed by atoms with E-state index in [4.69, 9.17) is 11.6 Å². The molecule has 2 atom stereocenters. The lowest BCUT2D eigenvalue weighted by Gasteiger charge is -2.34. The Hall–Kier alpha value is -3.33. The molecular formula is C24H22ClFN4O4. The van der Waals surface area contributed by atoms with Gasteiger partial charge in [0.15, 0.2) is 0 Å². The van der Waals surface area contributed by atoms with E-state index in [1.165, 1.54) is 11.0 Å². The third kappa shape index (κ3) is 4.04. The minimum atomic E-state index is -0.718. The molecule has 5 rings (SSSR count). The number of hydrogen-bond acceptors (Lipinski definition) is 5. The van der Waals surface area contributed by atoms with Gasteiger partial charge in [-0.05, 0) is 55.0 Å². The topological polar surface area (TPSA) is 108 Å². The standard InChI is InChI=1S/C24H22ClFN4O4/c25-17-9-15(26)10-27-21(17)20(12-2-1-3-12)29-22(32)13-4-5-16-14(8-13)11-30(24(16)34)18-6-7-19(31)28-23(18)33/h4-5,8-10,12,18,20H,1-3,6-7,11H2,(H,29,32)(H,28,31,33)/t18-,20-/m0/s1. The smallest absolute Gasteiger partial charge is 0.255 e. The second-order valence-electron chi connectivity index (χ2n) is 8.93. The predicted octanol–water partition coefficient (Wildman–Crippen LogP) is 2.91. The van der Waals surface area contributed by atoms with Crippen LogP contribution in [0, 0.1) is 11.7 Å². The van der Waals surface area contributed by atoms with E-state index in [-0.39, 0.29) is 48.0 Å². The Morgan fingerprint density at radius 1 is 1.21 bits per heavy atom. The van der Waals surface area contributed by atoms with Crippen molar-refractivity contribution >= 4 is 35.2 Å². The number of nitrogens with zero attached hydrogens (tertiary/aromatic N) is 2. The van der Waals surface area contributed by atoms with E-state index in [1.54, 1.807) is 18.2 Å². The number of rotatable bonds is 5. The maximum absolute atomic E-state index is 13.5. The van der Waals surface area contributed by atoms with Gasteiger partial charge < -0.3 is 10.2 Å². The molecule has 2 N–H and O–H groups in total. The number of benzene rings is 1. The number of halogens is 2. The van der Waals surface area contributed by atoms with Gasteiger partial charge in [0.1, 0.15) is 11.9 Å². The van der Waals surface area contributed by atoms with Gasteiger partial charge in [-0.25, -0.2) is 4.39 Å². The van der Waals surface area contributed by atoms with Gasteiger partial charge in [0.2, 0.25) is 11.8 Å². The minimum absolute atomic E-state index is 0.151. The van der Waals surface area contributed by atoms with Crippen LogP contribution in [-0.2, 0) is 16.1 Å². The Kier molecular flexibility index (Phi) is 5.81. The van der Waals surface area contributed by atoms with Crippen LogP contribution in [0.5, 0.6) is 0 Å². The summed E-state index contributed by atoms with van der Waals surface area (Å²) in [6, 6.07) is 4.81. The zero-order valence-corrected chi connectivity index (χ0v) is 18.9. The van der Waals surface area contributed by atoms with E-state index < -0.39 is 23.8 Å². The van der Waals surface area contributed by atoms with Crippen LogP contribution in [0.3, 0.4) is 0 Å². The Morgan fingerprint density at radius 3 is 2.68 bits per heavy atom. The number of aromatic nitrogens is 1. The second-order valence-corrected chi connectivity index (χ2v) is 9.34. The van der Waals surface area contributed by atoms with Crippen molar-refractivity contribution < 1.29 is 23.6 Å². The largest absolute Gasteiger partial charge is 0.343 e. The van der Waals surface area contributed by atoms with Crippen LogP contribution in [0.15, 0.2) is 30.5 Å². The molecule has 0 bridgehead atoms. The molecule has 176 valence electrons. The molecule has 0 radical (unpaired) electrons. The van der Waals surface area contributed by atoms with Crippen molar-refractivity contribution in [1.29, 1.82) is 0 Å². The number of hydrogen-bond donors (Lipinski definition) is 2. The molecule has 3 heterocycles. The summed E-state index contributed by atoms with van der Waals surface area (Å²) in [5.41, 5.74) is 1.86. The molecule has 2 aliphatic heterocycles. The molecule has 3 aliphatic rings. The molecule has 34 heavy (non-hydrogen) atoms. The molecule has 10 heteroatoms. The number of carbonyl (C=O) groups excluding carboxylic acids is 4. The van der Waals surface area contributed by atoms with Gasteiger partial charge in [0.05, 0.1) is 23.0 Å². The highest BCUT2D eigenvalue weighted by molar-refractivity contribution is 6.31. The minimum Gasteiger partial charge on any atom is -0.343 e. The van der Waals surface area contributed by atoms with Gasteiger partial charge in [0.25, 0.3) is 11.8 Å². The highest BCUT2D eigenvalue weighted by Crippen LogP contribution is 2.39. The summed E-state index contributed by atoms with van der Waals surface area (Å²) in [4.78, 5) is 55.3. The first-order valence-corrected chi connectivity index (χ1v) is 11.6. The molecule has 4 amide bonds. The van der Waals surface area contributed by atoms with Crippen LogP contribution in [-0.4, -0.2) is 39.6 Å². The highest BCUT2D eigenvalue weighted by Gasteiger charge is 2.39. The SMILES string of the molecule is O=C1CC[C@H](N2Cc3cc(C(=O)N[C@H](c4ncc(F)cc4Cl)C4CCC4)ccc3C2=O)C(=O)N1. The number of fused-ring (bicyclic) bond motifs is 1. The van der Waals surface area contributed by atoms with Gasteiger partial charge in [-0.1, -0.05) is 18.0 Å². The summed E-state index contributed by atoms with van der Waals surface area (Å²) in [5, 5.41) is 5.43. The molecule has 1 aromatic carbocycles. The number of imide groups is 1. The predicted molar refractivity (Wildman–Crippen MR) is 119 cm³/mol. The van der Waals surface area contributed by atoms with Gasteiger partial charge in [-0.2, -0.15) is 0 Å². The van der Waals surface area contributed by atoms with Crippen molar-refractivity contribution in [3.05, 3.63) is 63.7 Å². The lowest BCUT2D eigenvalue weighted by Crippen LogP contribution is -2.52. The van der Waals surface area contributed by atoms with Crippen molar-refractivity contribution in [2.24, 2.45) is 5.92 Å². The van der Waals surface area contributed by atoms with E-state index in [9.17, 15) is 23.6 Å². The number of nitrogens with one attached hydrogen (secondary N) is 2. The summed E-state index contributed by atoms with van der Waals surface area (Å²) in [7, 11) is 0. The van der Waals surface area contributed by atoms with Crippen LogP contribution in [0.2, 0.25) is 5.02 Å². The monoisotopic (exact) mass is 484 g/mol. The summed E-state index contributed by atoms with van der Waals surface area (Å²) in [6.45, 7) is 0.180. The highest BCUT2D eigenvalue weighted by atomic mass is 35.5. The fraction of sp³-hybridized carbons (Fsp3) is 0.375. The summed E-state index contributed by atoms with van der Waals surface area (Å²) in [5.74, 6) is -1.88. The average Bonchev–Trinajstić information content (AvgIpc) is 3.08. The van der Waals surface area contributed by atoms with Crippen molar-refractivity contribution in [2.45, 2.75) is 50.7 Å². The van der Waals surface area contributed by atoms with Gasteiger partial charge in [-0.15, -0.1) is 0 Å². The zero-order chi connectivity index (χ0) is 24.0. The molecule has 1 saturated carbocycles. The van der Waals surface area contributed by atoms with E-state index in [0.29, 0.717) is 22.4 Å². The Bertz CT molecular complexity index is 1220. The lowest BCUT2D eigenvalue weighted by molar-refractivity contribution is -0.136. The third-order valence-corrected chi connectivity index (χ3v) is 7.13. The molecule has 1 aromatic heterocycles. The first-order chi connectivity index (χ1) is 16.3. The molecule has 0 unspecified atom stereocenters. The summed E-state index contributed by atoms with van der Waals surface area (Å²) < 4.78 is 13.5. The zero-order valence-electron chi connectivity index (χ0n) is 18.1. The van der Waals surface area contributed by atoms with Crippen LogP contribution < -0.4 is 10.6 Å². The van der Waals surface area contributed by atoms with Gasteiger partial charge in [0, 0.05) is 24.1 Å². The van der Waals surface area contributed by atoms with Crippen LogP contribution in [0.1, 0.15) is 70.1 Å². The van der Waals surface area contributed by atoms with Gasteiger partial charge >= 0.3 is 0 Å². The van der Waals surface area contributed by atoms with E-state index >= 15 is 0 Å². The fourth-order valence-electron chi connectivity index (χ4n) is 4.78. The molecule has 1 aliphatic carbocycles. The Morgan fingerprint density at radius 2 is 2.00 bits per heavy atom.